The lowest BCUT2D eigenvalue weighted by molar-refractivity contribution is -0.137. The highest BCUT2D eigenvalue weighted by atomic mass is 19.4. The van der Waals surface area contributed by atoms with Crippen molar-refractivity contribution in [3.8, 4) is 0 Å². The lowest BCUT2D eigenvalue weighted by Crippen LogP contribution is -2.46. The van der Waals surface area contributed by atoms with Crippen molar-refractivity contribution in [2.75, 3.05) is 7.05 Å². The van der Waals surface area contributed by atoms with Crippen LogP contribution in [0.4, 0.5) is 18.0 Å². The molecule has 1 aliphatic rings. The second-order valence-electron chi connectivity index (χ2n) is 5.73. The number of imide groups is 1. The third kappa shape index (κ3) is 4.46. The molecule has 1 aliphatic carbocycles. The van der Waals surface area contributed by atoms with Crippen molar-refractivity contribution >= 4 is 11.9 Å². The average molecular weight is 328 g/mol. The smallest absolute Gasteiger partial charge is 0.335 e. The Bertz CT molecular complexity index is 581. The summed E-state index contributed by atoms with van der Waals surface area (Å²) in [5.41, 5.74) is -1.08. The number of amides is 3. The highest BCUT2D eigenvalue weighted by Crippen LogP contribution is 2.29. The Balaban J connectivity index is 2.05. The summed E-state index contributed by atoms with van der Waals surface area (Å²) in [4.78, 5) is 25.1. The predicted molar refractivity (Wildman–Crippen MR) is 78.9 cm³/mol. The predicted octanol–water partition coefficient (Wildman–Crippen LogP) is 3.82. The van der Waals surface area contributed by atoms with Crippen LogP contribution < -0.4 is 5.32 Å². The van der Waals surface area contributed by atoms with Crippen molar-refractivity contribution in [3.05, 3.63) is 35.4 Å². The largest absolute Gasteiger partial charge is 0.416 e. The third-order valence-electron chi connectivity index (χ3n) is 3.98. The van der Waals surface area contributed by atoms with Gasteiger partial charge in [-0.1, -0.05) is 25.3 Å². The molecule has 0 spiro atoms. The van der Waals surface area contributed by atoms with Crippen LogP contribution in [0, 0.1) is 0 Å². The fraction of sp³-hybridized carbons (Fsp3) is 0.500. The average Bonchev–Trinajstić information content (AvgIpc) is 2.53. The molecule has 0 unspecified atom stereocenters. The van der Waals surface area contributed by atoms with Crippen molar-refractivity contribution in [2.45, 2.75) is 44.3 Å². The molecule has 4 nitrogen and oxygen atoms in total. The van der Waals surface area contributed by atoms with E-state index >= 15 is 0 Å². The molecule has 0 bridgehead atoms. The van der Waals surface area contributed by atoms with Gasteiger partial charge in [-0.2, -0.15) is 13.2 Å². The number of nitrogens with zero attached hydrogens (tertiary/aromatic N) is 1. The number of alkyl halides is 3. The SMILES string of the molecule is CN(C(=O)NC1CCCCC1)C(=O)c1cccc(C(F)(F)F)c1. The quantitative estimate of drug-likeness (QED) is 0.897. The van der Waals surface area contributed by atoms with Crippen molar-refractivity contribution in [3.63, 3.8) is 0 Å². The zero-order chi connectivity index (χ0) is 17.0. The van der Waals surface area contributed by atoms with Gasteiger partial charge >= 0.3 is 12.2 Å². The van der Waals surface area contributed by atoms with Gasteiger partial charge in [0, 0.05) is 18.7 Å². The van der Waals surface area contributed by atoms with Gasteiger partial charge in [-0.25, -0.2) is 4.79 Å². The Hall–Kier alpha value is -2.05. The first-order valence-electron chi connectivity index (χ1n) is 7.55. The summed E-state index contributed by atoms with van der Waals surface area (Å²) in [6.07, 6.45) is 0.367. The minimum absolute atomic E-state index is 0.0213. The summed E-state index contributed by atoms with van der Waals surface area (Å²) >= 11 is 0. The number of halogens is 3. The molecule has 0 aromatic heterocycles. The van der Waals surface area contributed by atoms with Crippen LogP contribution in [0.2, 0.25) is 0 Å². The van der Waals surface area contributed by atoms with Gasteiger partial charge in [-0.15, -0.1) is 0 Å². The topological polar surface area (TPSA) is 49.4 Å². The van der Waals surface area contributed by atoms with E-state index in [-0.39, 0.29) is 11.6 Å². The van der Waals surface area contributed by atoms with E-state index in [1.54, 1.807) is 0 Å². The molecule has 0 heterocycles. The molecule has 1 aromatic rings. The van der Waals surface area contributed by atoms with Gasteiger partial charge in [0.05, 0.1) is 5.56 Å². The number of nitrogens with one attached hydrogen (secondary N) is 1. The third-order valence-corrected chi connectivity index (χ3v) is 3.98. The van der Waals surface area contributed by atoms with E-state index in [9.17, 15) is 22.8 Å². The summed E-state index contributed by atoms with van der Waals surface area (Å²) < 4.78 is 38.1. The number of carbonyl (C=O) groups excluding carboxylic acids is 2. The molecule has 2 rings (SSSR count). The first-order valence-corrected chi connectivity index (χ1v) is 7.55. The first kappa shape index (κ1) is 17.3. The van der Waals surface area contributed by atoms with E-state index in [0.29, 0.717) is 0 Å². The normalized spacial score (nSPS) is 16.0. The maximum Gasteiger partial charge on any atom is 0.416 e. The molecule has 0 atom stereocenters. The molecule has 126 valence electrons. The van der Waals surface area contributed by atoms with Gasteiger partial charge in [0.1, 0.15) is 0 Å². The van der Waals surface area contributed by atoms with Gasteiger partial charge in [0.25, 0.3) is 5.91 Å². The van der Waals surface area contributed by atoms with Gasteiger partial charge in [0.15, 0.2) is 0 Å². The van der Waals surface area contributed by atoms with E-state index < -0.39 is 23.7 Å². The molecule has 1 aromatic carbocycles. The molecular formula is C16H19F3N2O2. The number of carbonyl (C=O) groups is 2. The molecule has 0 aliphatic heterocycles. The minimum atomic E-state index is -4.53. The Kier molecular flexibility index (Phi) is 5.28. The highest BCUT2D eigenvalue weighted by Gasteiger charge is 2.31. The van der Waals surface area contributed by atoms with E-state index in [0.717, 1.165) is 55.2 Å². The van der Waals surface area contributed by atoms with E-state index in [2.05, 4.69) is 5.32 Å². The maximum absolute atomic E-state index is 12.7. The van der Waals surface area contributed by atoms with Crippen LogP contribution in [0.3, 0.4) is 0 Å². The lowest BCUT2D eigenvalue weighted by atomic mass is 9.96. The number of urea groups is 1. The number of hydrogen-bond acceptors (Lipinski definition) is 2. The van der Waals surface area contributed by atoms with E-state index in [1.165, 1.54) is 13.1 Å². The Morgan fingerprint density at radius 3 is 2.43 bits per heavy atom. The van der Waals surface area contributed by atoms with Gasteiger partial charge in [0.2, 0.25) is 0 Å². The molecule has 23 heavy (non-hydrogen) atoms. The van der Waals surface area contributed by atoms with Crippen LogP contribution in [0.1, 0.15) is 48.0 Å². The van der Waals surface area contributed by atoms with Gasteiger partial charge in [-0.3, -0.25) is 9.69 Å². The zero-order valence-corrected chi connectivity index (χ0v) is 12.8. The molecule has 0 radical (unpaired) electrons. The standard InChI is InChI=1S/C16H19F3N2O2/c1-21(15(23)20-13-8-3-2-4-9-13)14(22)11-6-5-7-12(10-11)16(17,18)19/h5-7,10,13H,2-4,8-9H2,1H3,(H,20,23). The summed E-state index contributed by atoms with van der Waals surface area (Å²) in [5.74, 6) is -0.760. The van der Waals surface area contributed by atoms with Crippen molar-refractivity contribution in [1.29, 1.82) is 0 Å². The molecule has 7 heteroatoms. The van der Waals surface area contributed by atoms with E-state index in [1.807, 2.05) is 0 Å². The second-order valence-corrected chi connectivity index (χ2v) is 5.73. The summed E-state index contributed by atoms with van der Waals surface area (Å²) in [6.45, 7) is 0. The van der Waals surface area contributed by atoms with E-state index in [4.69, 9.17) is 0 Å². The summed E-state index contributed by atoms with van der Waals surface area (Å²) in [6, 6.07) is 3.50. The van der Waals surface area contributed by atoms with Crippen molar-refractivity contribution in [2.24, 2.45) is 0 Å². The number of rotatable bonds is 2. The number of hydrogen-bond donors (Lipinski definition) is 1. The molecule has 1 N–H and O–H groups in total. The van der Waals surface area contributed by atoms with Crippen LogP contribution in [0.25, 0.3) is 0 Å². The van der Waals surface area contributed by atoms with Crippen LogP contribution >= 0.6 is 0 Å². The fourth-order valence-electron chi connectivity index (χ4n) is 2.63. The Morgan fingerprint density at radius 2 is 1.83 bits per heavy atom. The molecule has 0 saturated heterocycles. The lowest BCUT2D eigenvalue weighted by Gasteiger charge is -2.25. The molecule has 1 saturated carbocycles. The van der Waals surface area contributed by atoms with Crippen molar-refractivity contribution in [1.82, 2.24) is 10.2 Å². The second kappa shape index (κ2) is 7.02. The highest BCUT2D eigenvalue weighted by molar-refractivity contribution is 6.04. The molecular weight excluding hydrogens is 309 g/mol. The summed E-state index contributed by atoms with van der Waals surface area (Å²) in [5, 5.41) is 2.76. The van der Waals surface area contributed by atoms with Crippen LogP contribution in [-0.2, 0) is 6.18 Å². The van der Waals surface area contributed by atoms with Crippen LogP contribution in [-0.4, -0.2) is 29.9 Å². The minimum Gasteiger partial charge on any atom is -0.335 e. The fourth-order valence-corrected chi connectivity index (χ4v) is 2.63. The number of benzene rings is 1. The Labute approximate surface area is 132 Å². The maximum atomic E-state index is 12.7. The van der Waals surface area contributed by atoms with Crippen LogP contribution in [0.15, 0.2) is 24.3 Å². The van der Waals surface area contributed by atoms with Crippen LogP contribution in [0.5, 0.6) is 0 Å². The molecule has 3 amide bonds. The van der Waals surface area contributed by atoms with Gasteiger partial charge < -0.3 is 5.32 Å². The molecule has 1 fully saturated rings. The van der Waals surface area contributed by atoms with Gasteiger partial charge in [-0.05, 0) is 31.0 Å². The Morgan fingerprint density at radius 1 is 1.17 bits per heavy atom. The summed E-state index contributed by atoms with van der Waals surface area (Å²) in [7, 11) is 1.26. The first-order chi connectivity index (χ1) is 10.8. The van der Waals surface area contributed by atoms with Crippen molar-refractivity contribution < 1.29 is 22.8 Å². The zero-order valence-electron chi connectivity index (χ0n) is 12.8. The monoisotopic (exact) mass is 328 g/mol.